The zero-order valence-corrected chi connectivity index (χ0v) is 10.9. The lowest BCUT2D eigenvalue weighted by Crippen LogP contribution is -2.22. The van der Waals surface area contributed by atoms with Crippen LogP contribution in [0.4, 0.5) is 0 Å². The molecular formula is C15H10N2O4. The van der Waals surface area contributed by atoms with E-state index in [0.29, 0.717) is 15.9 Å². The van der Waals surface area contributed by atoms with Crippen LogP contribution in [0.2, 0.25) is 0 Å². The molecule has 6 heteroatoms. The first-order valence-corrected chi connectivity index (χ1v) is 6.37. The van der Waals surface area contributed by atoms with Crippen LogP contribution in [0.3, 0.4) is 0 Å². The molecule has 0 saturated heterocycles. The Labute approximate surface area is 119 Å². The third kappa shape index (κ3) is 2.06. The van der Waals surface area contributed by atoms with Crippen molar-refractivity contribution in [1.82, 2.24) is 5.16 Å². The van der Waals surface area contributed by atoms with Crippen molar-refractivity contribution < 1.29 is 19.0 Å². The molecule has 0 atom stereocenters. The van der Waals surface area contributed by atoms with E-state index in [4.69, 9.17) is 9.47 Å². The Morgan fingerprint density at radius 3 is 2.67 bits per heavy atom. The summed E-state index contributed by atoms with van der Waals surface area (Å²) in [7, 11) is 0. The van der Waals surface area contributed by atoms with E-state index in [2.05, 4.69) is 9.79 Å². The quantitative estimate of drug-likeness (QED) is 0.533. The standard InChI is InChI=1S/C15H10N2O4/c18-17-13-7-10(3-5-12(13)16-21-17)1-2-11-4-6-14-15(8-11)20-9-19-14/h1-8H,9H2/b2-1+. The van der Waals surface area contributed by atoms with E-state index in [9.17, 15) is 5.21 Å². The SMILES string of the molecule is [O-][n+]1onc2ccc(/C=C/c3ccc4c(c3)OCO4)cc21. The predicted octanol–water partition coefficient (Wildman–Crippen LogP) is 2.36. The Morgan fingerprint density at radius 2 is 1.76 bits per heavy atom. The summed E-state index contributed by atoms with van der Waals surface area (Å²) in [6, 6.07) is 11.1. The zero-order chi connectivity index (χ0) is 14.2. The van der Waals surface area contributed by atoms with Gasteiger partial charge >= 0.3 is 0 Å². The van der Waals surface area contributed by atoms with Crippen LogP contribution in [0.25, 0.3) is 23.2 Å². The summed E-state index contributed by atoms with van der Waals surface area (Å²) in [5, 5.41) is 15.0. The highest BCUT2D eigenvalue weighted by molar-refractivity contribution is 5.78. The molecule has 104 valence electrons. The minimum atomic E-state index is 0.260. The molecule has 0 aliphatic carbocycles. The highest BCUT2D eigenvalue weighted by Gasteiger charge is 2.12. The molecule has 0 amide bonds. The molecular weight excluding hydrogens is 272 g/mol. The van der Waals surface area contributed by atoms with Crippen molar-refractivity contribution >= 4 is 23.2 Å². The molecule has 0 saturated carbocycles. The molecule has 0 spiro atoms. The number of ether oxygens (including phenoxy) is 2. The van der Waals surface area contributed by atoms with Gasteiger partial charge in [-0.3, -0.25) is 4.63 Å². The van der Waals surface area contributed by atoms with Crippen molar-refractivity contribution in [2.45, 2.75) is 0 Å². The Balaban J connectivity index is 1.65. The number of benzene rings is 2. The number of hydrogen-bond donors (Lipinski definition) is 0. The summed E-state index contributed by atoms with van der Waals surface area (Å²) in [6.07, 6.45) is 3.84. The van der Waals surface area contributed by atoms with E-state index < -0.39 is 0 Å². The molecule has 4 rings (SSSR count). The first-order chi connectivity index (χ1) is 10.3. The maximum atomic E-state index is 11.4. The topological polar surface area (TPSA) is 71.4 Å². The fourth-order valence-electron chi connectivity index (χ4n) is 2.20. The average molecular weight is 282 g/mol. The molecule has 3 aromatic rings. The number of nitrogens with zero attached hydrogens (tertiary/aromatic N) is 2. The van der Waals surface area contributed by atoms with E-state index in [0.717, 1.165) is 22.6 Å². The molecule has 21 heavy (non-hydrogen) atoms. The molecule has 0 fully saturated rings. The van der Waals surface area contributed by atoms with Crippen LogP contribution in [0.15, 0.2) is 41.0 Å². The van der Waals surface area contributed by atoms with Gasteiger partial charge in [-0.25, -0.2) is 0 Å². The third-order valence-corrected chi connectivity index (χ3v) is 3.27. The van der Waals surface area contributed by atoms with Crippen molar-refractivity contribution in [1.29, 1.82) is 0 Å². The summed E-state index contributed by atoms with van der Waals surface area (Å²) in [6.45, 7) is 0.260. The van der Waals surface area contributed by atoms with E-state index >= 15 is 0 Å². The minimum Gasteiger partial charge on any atom is -0.454 e. The average Bonchev–Trinajstić information content (AvgIpc) is 3.11. The first-order valence-electron chi connectivity index (χ1n) is 6.37. The van der Waals surface area contributed by atoms with Gasteiger partial charge in [0.2, 0.25) is 17.8 Å². The van der Waals surface area contributed by atoms with Crippen LogP contribution in [0.5, 0.6) is 11.5 Å². The number of hydrogen-bond acceptors (Lipinski definition) is 5. The van der Waals surface area contributed by atoms with Crippen molar-refractivity contribution in [2.75, 3.05) is 6.79 Å². The molecule has 0 unspecified atom stereocenters. The smallest absolute Gasteiger partial charge is 0.248 e. The first kappa shape index (κ1) is 11.8. The van der Waals surface area contributed by atoms with Gasteiger partial charge in [-0.2, -0.15) is 0 Å². The monoisotopic (exact) mass is 282 g/mol. The predicted molar refractivity (Wildman–Crippen MR) is 74.5 cm³/mol. The molecule has 1 aliphatic heterocycles. The molecule has 2 heterocycles. The van der Waals surface area contributed by atoms with Gasteiger partial charge in [0.25, 0.3) is 0 Å². The van der Waals surface area contributed by atoms with Crippen molar-refractivity contribution in [3.63, 3.8) is 0 Å². The van der Waals surface area contributed by atoms with Crippen LogP contribution >= 0.6 is 0 Å². The summed E-state index contributed by atoms with van der Waals surface area (Å²) in [5.74, 6) is 1.49. The Bertz CT molecular complexity index is 854. The van der Waals surface area contributed by atoms with Gasteiger partial charge in [-0.1, -0.05) is 24.3 Å². The Hall–Kier alpha value is -3.02. The minimum absolute atomic E-state index is 0.260. The van der Waals surface area contributed by atoms with Gasteiger partial charge < -0.3 is 14.7 Å². The molecule has 1 aliphatic rings. The number of aromatic nitrogens is 2. The van der Waals surface area contributed by atoms with Gasteiger partial charge in [-0.15, -0.1) is 0 Å². The largest absolute Gasteiger partial charge is 0.454 e. The second-order valence-corrected chi connectivity index (χ2v) is 4.62. The van der Waals surface area contributed by atoms with Crippen LogP contribution in [0.1, 0.15) is 11.1 Å². The van der Waals surface area contributed by atoms with Crippen molar-refractivity contribution in [2.24, 2.45) is 0 Å². The Morgan fingerprint density at radius 1 is 1.00 bits per heavy atom. The lowest BCUT2D eigenvalue weighted by atomic mass is 10.1. The normalized spacial score (nSPS) is 13.3. The van der Waals surface area contributed by atoms with Crippen molar-refractivity contribution in [3.05, 3.63) is 52.7 Å². The van der Waals surface area contributed by atoms with Gasteiger partial charge in [0, 0.05) is 11.2 Å². The van der Waals surface area contributed by atoms with E-state index in [-0.39, 0.29) is 6.79 Å². The van der Waals surface area contributed by atoms with Gasteiger partial charge in [0.15, 0.2) is 11.5 Å². The molecule has 2 aromatic carbocycles. The number of fused-ring (bicyclic) bond motifs is 2. The molecule has 0 radical (unpaired) electrons. The molecule has 0 bridgehead atoms. The van der Waals surface area contributed by atoms with Crippen LogP contribution in [-0.4, -0.2) is 11.9 Å². The van der Waals surface area contributed by atoms with Crippen LogP contribution < -0.4 is 14.4 Å². The summed E-state index contributed by atoms with van der Waals surface area (Å²) in [5.41, 5.74) is 2.81. The molecule has 6 nitrogen and oxygen atoms in total. The highest BCUT2D eigenvalue weighted by atomic mass is 16.8. The van der Waals surface area contributed by atoms with E-state index in [1.54, 1.807) is 12.1 Å². The molecule has 0 N–H and O–H groups in total. The van der Waals surface area contributed by atoms with Crippen molar-refractivity contribution in [3.8, 4) is 11.5 Å². The van der Waals surface area contributed by atoms with Crippen LogP contribution in [-0.2, 0) is 0 Å². The third-order valence-electron chi connectivity index (χ3n) is 3.27. The van der Waals surface area contributed by atoms with Crippen LogP contribution in [0, 0.1) is 5.21 Å². The zero-order valence-electron chi connectivity index (χ0n) is 10.9. The Kier molecular flexibility index (Phi) is 2.53. The summed E-state index contributed by atoms with van der Waals surface area (Å²) in [4.78, 5) is 0.396. The lowest BCUT2D eigenvalue weighted by molar-refractivity contribution is -0.782. The summed E-state index contributed by atoms with van der Waals surface area (Å²) < 4.78 is 15.1. The fourth-order valence-corrected chi connectivity index (χ4v) is 2.20. The fraction of sp³-hybridized carbons (Fsp3) is 0.0667. The summed E-state index contributed by atoms with van der Waals surface area (Å²) >= 11 is 0. The van der Waals surface area contributed by atoms with E-state index in [1.165, 1.54) is 0 Å². The maximum absolute atomic E-state index is 11.4. The lowest BCUT2D eigenvalue weighted by Gasteiger charge is -1.98. The second kappa shape index (κ2) is 4.52. The van der Waals surface area contributed by atoms with E-state index in [1.807, 2.05) is 36.4 Å². The van der Waals surface area contributed by atoms with Gasteiger partial charge in [-0.05, 0) is 34.2 Å². The molecule has 1 aromatic heterocycles. The second-order valence-electron chi connectivity index (χ2n) is 4.62. The highest BCUT2D eigenvalue weighted by Crippen LogP contribution is 2.32. The van der Waals surface area contributed by atoms with Gasteiger partial charge in [0.1, 0.15) is 0 Å². The maximum Gasteiger partial charge on any atom is 0.248 e. The van der Waals surface area contributed by atoms with Gasteiger partial charge in [0.05, 0.1) is 0 Å². The number of rotatable bonds is 2.